The van der Waals surface area contributed by atoms with Gasteiger partial charge in [0.1, 0.15) is 0 Å². The summed E-state index contributed by atoms with van der Waals surface area (Å²) in [7, 11) is 0. The molecule has 104 valence electrons. The molecule has 0 bridgehead atoms. The van der Waals surface area contributed by atoms with Gasteiger partial charge in [0.25, 0.3) is 0 Å². The maximum absolute atomic E-state index is 12.1. The lowest BCUT2D eigenvalue weighted by Crippen LogP contribution is -2.13. The normalized spacial score (nSPS) is 10.5. The van der Waals surface area contributed by atoms with E-state index in [0.29, 0.717) is 12.8 Å². The van der Waals surface area contributed by atoms with Crippen LogP contribution < -0.4 is 5.32 Å². The Labute approximate surface area is 122 Å². The molecule has 0 atom stereocenters. The fourth-order valence-electron chi connectivity index (χ4n) is 2.21. The molecule has 0 saturated heterocycles. The molecule has 3 rings (SSSR count). The Hall–Kier alpha value is -2.75. The number of benzene rings is 1. The number of hydrogen-bond donors (Lipinski definition) is 1. The molecule has 0 aliphatic carbocycles. The second kappa shape index (κ2) is 6.13. The zero-order valence-corrected chi connectivity index (χ0v) is 11.5. The molecule has 2 heterocycles. The van der Waals surface area contributed by atoms with E-state index in [9.17, 15) is 4.79 Å². The minimum absolute atomic E-state index is 0.0289. The largest absolute Gasteiger partial charge is 0.324 e. The van der Waals surface area contributed by atoms with Crippen LogP contribution in [0.15, 0.2) is 60.9 Å². The van der Waals surface area contributed by atoms with Crippen molar-refractivity contribution in [3.8, 4) is 0 Å². The third-order valence-corrected chi connectivity index (χ3v) is 3.24. The van der Waals surface area contributed by atoms with Crippen LogP contribution in [0.5, 0.6) is 0 Å². The van der Waals surface area contributed by atoms with Gasteiger partial charge in [0.2, 0.25) is 5.91 Å². The van der Waals surface area contributed by atoms with E-state index in [-0.39, 0.29) is 5.91 Å². The number of para-hydroxylation sites is 1. The van der Waals surface area contributed by atoms with Crippen LogP contribution in [0.4, 0.5) is 5.69 Å². The van der Waals surface area contributed by atoms with Gasteiger partial charge < -0.3 is 5.32 Å². The van der Waals surface area contributed by atoms with Crippen LogP contribution in [0.25, 0.3) is 10.9 Å². The van der Waals surface area contributed by atoms with Crippen LogP contribution in [0, 0.1) is 0 Å². The Balaban J connectivity index is 1.69. The zero-order chi connectivity index (χ0) is 14.5. The summed E-state index contributed by atoms with van der Waals surface area (Å²) in [6, 6.07) is 15.3. The van der Waals surface area contributed by atoms with Crippen LogP contribution in [0.1, 0.15) is 12.1 Å². The first kappa shape index (κ1) is 13.2. The van der Waals surface area contributed by atoms with Crippen molar-refractivity contribution in [2.75, 3.05) is 5.32 Å². The van der Waals surface area contributed by atoms with E-state index >= 15 is 0 Å². The molecule has 1 N–H and O–H groups in total. The van der Waals surface area contributed by atoms with Gasteiger partial charge in [-0.2, -0.15) is 0 Å². The summed E-state index contributed by atoms with van der Waals surface area (Å²) in [5.41, 5.74) is 2.48. The number of hydrogen-bond acceptors (Lipinski definition) is 3. The Kier molecular flexibility index (Phi) is 3.87. The van der Waals surface area contributed by atoms with Crippen LogP contribution in [0.3, 0.4) is 0 Å². The molecule has 4 nitrogen and oxygen atoms in total. The Morgan fingerprint density at radius 3 is 2.67 bits per heavy atom. The monoisotopic (exact) mass is 277 g/mol. The molecular weight excluding hydrogens is 262 g/mol. The number of carbonyl (C=O) groups excluding carboxylic acids is 1. The zero-order valence-electron chi connectivity index (χ0n) is 11.5. The minimum Gasteiger partial charge on any atom is -0.324 e. The molecule has 21 heavy (non-hydrogen) atoms. The van der Waals surface area contributed by atoms with Gasteiger partial charge in [-0.15, -0.1) is 0 Å². The molecule has 0 radical (unpaired) electrons. The number of fused-ring (bicyclic) bond motifs is 1. The van der Waals surface area contributed by atoms with Crippen LogP contribution in [0.2, 0.25) is 0 Å². The lowest BCUT2D eigenvalue weighted by Gasteiger charge is -2.07. The quantitative estimate of drug-likeness (QED) is 0.796. The predicted molar refractivity (Wildman–Crippen MR) is 82.9 cm³/mol. The highest BCUT2D eigenvalue weighted by Crippen LogP contribution is 2.20. The number of anilines is 1. The van der Waals surface area contributed by atoms with Crippen molar-refractivity contribution in [3.05, 3.63) is 66.6 Å². The van der Waals surface area contributed by atoms with Crippen LogP contribution in [-0.2, 0) is 11.2 Å². The Morgan fingerprint density at radius 2 is 1.81 bits per heavy atom. The molecule has 0 fully saturated rings. The third kappa shape index (κ3) is 3.23. The van der Waals surface area contributed by atoms with E-state index in [1.54, 1.807) is 12.4 Å². The molecular formula is C17H15N3O. The van der Waals surface area contributed by atoms with Gasteiger partial charge in [0, 0.05) is 29.9 Å². The van der Waals surface area contributed by atoms with E-state index < -0.39 is 0 Å². The number of pyridine rings is 2. The summed E-state index contributed by atoms with van der Waals surface area (Å²) in [6.45, 7) is 0. The van der Waals surface area contributed by atoms with Crippen molar-refractivity contribution in [1.82, 2.24) is 9.97 Å². The average Bonchev–Trinajstić information content (AvgIpc) is 2.54. The highest BCUT2D eigenvalue weighted by Gasteiger charge is 2.07. The summed E-state index contributed by atoms with van der Waals surface area (Å²) in [4.78, 5) is 20.6. The smallest absolute Gasteiger partial charge is 0.224 e. The van der Waals surface area contributed by atoms with E-state index in [1.165, 1.54) is 0 Å². The van der Waals surface area contributed by atoms with Crippen molar-refractivity contribution in [2.24, 2.45) is 0 Å². The number of aromatic nitrogens is 2. The fourth-order valence-corrected chi connectivity index (χ4v) is 2.21. The first-order valence-corrected chi connectivity index (χ1v) is 6.86. The topological polar surface area (TPSA) is 54.9 Å². The van der Waals surface area contributed by atoms with E-state index in [4.69, 9.17) is 0 Å². The first-order valence-electron chi connectivity index (χ1n) is 6.86. The van der Waals surface area contributed by atoms with E-state index in [0.717, 1.165) is 22.3 Å². The summed E-state index contributed by atoms with van der Waals surface area (Å²) in [5.74, 6) is -0.0289. The summed E-state index contributed by atoms with van der Waals surface area (Å²) in [5, 5.41) is 3.94. The lowest BCUT2D eigenvalue weighted by molar-refractivity contribution is -0.116. The summed E-state index contributed by atoms with van der Waals surface area (Å²) >= 11 is 0. The highest BCUT2D eigenvalue weighted by atomic mass is 16.1. The standard InChI is InChI=1S/C17H15N3O/c21-16(10-9-14-7-1-2-11-18-14)20-15-8-3-5-13-6-4-12-19-17(13)15/h1-8,11-12H,9-10H2,(H,20,21). The second-order valence-electron chi connectivity index (χ2n) is 4.75. The molecule has 0 aliphatic heterocycles. The molecule has 1 aromatic carbocycles. The minimum atomic E-state index is -0.0289. The summed E-state index contributed by atoms with van der Waals surface area (Å²) in [6.07, 6.45) is 4.50. The molecule has 0 spiro atoms. The van der Waals surface area contributed by atoms with Gasteiger partial charge >= 0.3 is 0 Å². The molecule has 1 amide bonds. The molecule has 0 saturated carbocycles. The predicted octanol–water partition coefficient (Wildman–Crippen LogP) is 3.20. The second-order valence-corrected chi connectivity index (χ2v) is 4.75. The van der Waals surface area contributed by atoms with Crippen LogP contribution >= 0.6 is 0 Å². The maximum Gasteiger partial charge on any atom is 0.224 e. The number of nitrogens with one attached hydrogen (secondary N) is 1. The molecule has 2 aromatic heterocycles. The van der Waals surface area contributed by atoms with Crippen molar-refractivity contribution in [3.63, 3.8) is 0 Å². The van der Waals surface area contributed by atoms with Gasteiger partial charge in [-0.25, -0.2) is 0 Å². The number of aryl methyl sites for hydroxylation is 1. The molecule has 3 aromatic rings. The number of carbonyl (C=O) groups is 1. The van der Waals surface area contributed by atoms with Gasteiger partial charge in [-0.3, -0.25) is 14.8 Å². The summed E-state index contributed by atoms with van der Waals surface area (Å²) < 4.78 is 0. The SMILES string of the molecule is O=C(CCc1ccccn1)Nc1cccc2cccnc12. The fraction of sp³-hybridized carbons (Fsp3) is 0.118. The van der Waals surface area contributed by atoms with E-state index in [2.05, 4.69) is 15.3 Å². The van der Waals surface area contributed by atoms with Crippen molar-refractivity contribution in [2.45, 2.75) is 12.8 Å². The van der Waals surface area contributed by atoms with Gasteiger partial charge in [-0.1, -0.05) is 24.3 Å². The Bertz CT molecular complexity index is 751. The lowest BCUT2D eigenvalue weighted by atomic mass is 10.1. The number of rotatable bonds is 4. The maximum atomic E-state index is 12.1. The molecule has 0 aliphatic rings. The van der Waals surface area contributed by atoms with Gasteiger partial charge in [0.15, 0.2) is 0 Å². The average molecular weight is 277 g/mol. The van der Waals surface area contributed by atoms with Crippen molar-refractivity contribution in [1.29, 1.82) is 0 Å². The highest BCUT2D eigenvalue weighted by molar-refractivity contribution is 6.00. The van der Waals surface area contributed by atoms with Crippen molar-refractivity contribution < 1.29 is 4.79 Å². The number of amides is 1. The third-order valence-electron chi connectivity index (χ3n) is 3.24. The first-order chi connectivity index (χ1) is 10.3. The van der Waals surface area contributed by atoms with Gasteiger partial charge in [-0.05, 0) is 30.7 Å². The Morgan fingerprint density at radius 1 is 0.952 bits per heavy atom. The van der Waals surface area contributed by atoms with Gasteiger partial charge in [0.05, 0.1) is 11.2 Å². The number of nitrogens with zero attached hydrogens (tertiary/aromatic N) is 2. The molecule has 0 unspecified atom stereocenters. The van der Waals surface area contributed by atoms with Crippen molar-refractivity contribution >= 4 is 22.5 Å². The van der Waals surface area contributed by atoms with E-state index in [1.807, 2.05) is 48.5 Å². The molecule has 4 heteroatoms. The van der Waals surface area contributed by atoms with Crippen LogP contribution in [-0.4, -0.2) is 15.9 Å².